The Morgan fingerprint density at radius 3 is 2.62 bits per heavy atom. The average Bonchev–Trinajstić information content (AvgIpc) is 2.28. The largest absolute Gasteiger partial charge is 0.314 e. The van der Waals surface area contributed by atoms with Crippen LogP contribution in [0, 0.1) is 18.3 Å². The minimum absolute atomic E-state index is 0.619. The molecule has 0 unspecified atom stereocenters. The molecule has 1 aliphatic heterocycles. The number of piperidine rings is 1. The van der Waals surface area contributed by atoms with E-state index >= 15 is 0 Å². The molecule has 0 radical (unpaired) electrons. The van der Waals surface area contributed by atoms with E-state index in [4.69, 9.17) is 6.42 Å². The first-order chi connectivity index (χ1) is 7.72. The zero-order valence-corrected chi connectivity index (χ0v) is 10.8. The predicted molar refractivity (Wildman–Crippen MR) is 70.4 cm³/mol. The number of hydrogen-bond donors (Lipinski definition) is 1. The highest BCUT2D eigenvalue weighted by Crippen LogP contribution is 2.16. The Labute approximate surface area is 101 Å². The van der Waals surface area contributed by atoms with Crippen molar-refractivity contribution in [2.75, 3.05) is 26.2 Å². The van der Waals surface area contributed by atoms with Crippen molar-refractivity contribution in [1.82, 2.24) is 10.2 Å². The van der Waals surface area contributed by atoms with E-state index in [9.17, 15) is 0 Å². The Kier molecular flexibility index (Phi) is 6.52. The normalized spacial score (nSPS) is 18.9. The number of hydrogen-bond acceptors (Lipinski definition) is 2. The molecule has 2 heteroatoms. The van der Waals surface area contributed by atoms with E-state index in [2.05, 4.69) is 30.0 Å². The van der Waals surface area contributed by atoms with Crippen molar-refractivity contribution in [3.63, 3.8) is 0 Å². The molecule has 1 rings (SSSR count). The van der Waals surface area contributed by atoms with Gasteiger partial charge in [0.15, 0.2) is 0 Å². The summed E-state index contributed by atoms with van der Waals surface area (Å²) in [5.74, 6) is 3.59. The number of unbranched alkanes of at least 4 members (excludes halogenated alkanes) is 1. The van der Waals surface area contributed by atoms with Gasteiger partial charge in [-0.1, -0.05) is 13.8 Å². The molecule has 92 valence electrons. The van der Waals surface area contributed by atoms with Crippen LogP contribution < -0.4 is 5.32 Å². The van der Waals surface area contributed by atoms with Crippen molar-refractivity contribution in [2.45, 2.75) is 45.6 Å². The fourth-order valence-corrected chi connectivity index (χ4v) is 2.22. The van der Waals surface area contributed by atoms with Gasteiger partial charge in [-0.05, 0) is 51.4 Å². The van der Waals surface area contributed by atoms with E-state index in [1.54, 1.807) is 0 Å². The van der Waals surface area contributed by atoms with Crippen molar-refractivity contribution < 1.29 is 0 Å². The van der Waals surface area contributed by atoms with Crippen LogP contribution in [-0.2, 0) is 0 Å². The number of likely N-dealkylation sites (tertiary alicyclic amines) is 1. The molecule has 16 heavy (non-hydrogen) atoms. The monoisotopic (exact) mass is 222 g/mol. The van der Waals surface area contributed by atoms with Crippen molar-refractivity contribution >= 4 is 0 Å². The smallest absolute Gasteiger partial charge is 0.00982 e. The molecular formula is C14H26N2. The summed E-state index contributed by atoms with van der Waals surface area (Å²) in [6.07, 6.45) is 10.0. The summed E-state index contributed by atoms with van der Waals surface area (Å²) in [5, 5.41) is 3.54. The Balaban J connectivity index is 2.07. The van der Waals surface area contributed by atoms with Crippen LogP contribution in [-0.4, -0.2) is 37.1 Å². The molecule has 0 aromatic carbocycles. The first-order valence-electron chi connectivity index (χ1n) is 6.61. The Morgan fingerprint density at radius 1 is 1.38 bits per heavy atom. The van der Waals surface area contributed by atoms with Crippen LogP contribution in [0.3, 0.4) is 0 Å². The van der Waals surface area contributed by atoms with E-state index in [0.29, 0.717) is 6.04 Å². The maximum absolute atomic E-state index is 5.26. The van der Waals surface area contributed by atoms with E-state index in [0.717, 1.165) is 18.8 Å². The van der Waals surface area contributed by atoms with Crippen LogP contribution in [0.5, 0.6) is 0 Å². The van der Waals surface area contributed by atoms with Gasteiger partial charge in [-0.2, -0.15) is 0 Å². The van der Waals surface area contributed by atoms with Gasteiger partial charge in [0.25, 0.3) is 0 Å². The molecule has 0 aromatic heterocycles. The Morgan fingerprint density at radius 2 is 2.06 bits per heavy atom. The summed E-state index contributed by atoms with van der Waals surface area (Å²) in [7, 11) is 0. The summed E-state index contributed by atoms with van der Waals surface area (Å²) < 4.78 is 0. The molecule has 0 aliphatic carbocycles. The number of terminal acetylenes is 1. The zero-order valence-electron chi connectivity index (χ0n) is 10.8. The lowest BCUT2D eigenvalue weighted by Crippen LogP contribution is -2.39. The number of nitrogens with zero attached hydrogens (tertiary/aromatic N) is 1. The summed E-state index contributed by atoms with van der Waals surface area (Å²) in [4.78, 5) is 2.56. The van der Waals surface area contributed by atoms with Gasteiger partial charge in [0.05, 0.1) is 0 Å². The third-order valence-corrected chi connectivity index (χ3v) is 3.32. The predicted octanol–water partition coefficient (Wildman–Crippen LogP) is 2.11. The van der Waals surface area contributed by atoms with Crippen LogP contribution >= 0.6 is 0 Å². The maximum Gasteiger partial charge on any atom is 0.00982 e. The van der Waals surface area contributed by atoms with Crippen molar-refractivity contribution in [3.05, 3.63) is 0 Å². The molecule has 1 saturated heterocycles. The van der Waals surface area contributed by atoms with E-state index in [1.807, 2.05) is 0 Å². The second-order valence-corrected chi connectivity index (χ2v) is 5.16. The lowest BCUT2D eigenvalue weighted by Gasteiger charge is -2.32. The zero-order chi connectivity index (χ0) is 11.8. The van der Waals surface area contributed by atoms with Crippen molar-refractivity contribution in [2.24, 2.45) is 5.92 Å². The topological polar surface area (TPSA) is 15.3 Å². The van der Waals surface area contributed by atoms with E-state index in [1.165, 1.54) is 39.0 Å². The highest BCUT2D eigenvalue weighted by molar-refractivity contribution is 4.84. The first kappa shape index (κ1) is 13.5. The van der Waals surface area contributed by atoms with E-state index < -0.39 is 0 Å². The fourth-order valence-electron chi connectivity index (χ4n) is 2.22. The number of rotatable bonds is 6. The standard InChI is InChI=1S/C14H26N2/c1-4-5-6-9-16-10-7-14(8-11-16)12-15-13(2)3/h1,13-15H,5-12H2,2-3H3. The molecule has 1 heterocycles. The summed E-state index contributed by atoms with van der Waals surface area (Å²) >= 11 is 0. The first-order valence-corrected chi connectivity index (χ1v) is 6.61. The second-order valence-electron chi connectivity index (χ2n) is 5.16. The highest BCUT2D eigenvalue weighted by Gasteiger charge is 2.18. The SMILES string of the molecule is C#CCCCN1CCC(CNC(C)C)CC1. The van der Waals surface area contributed by atoms with Gasteiger partial charge >= 0.3 is 0 Å². The minimum atomic E-state index is 0.619. The number of nitrogens with one attached hydrogen (secondary N) is 1. The van der Waals surface area contributed by atoms with Gasteiger partial charge in [-0.15, -0.1) is 12.3 Å². The third-order valence-electron chi connectivity index (χ3n) is 3.32. The lowest BCUT2D eigenvalue weighted by atomic mass is 9.96. The highest BCUT2D eigenvalue weighted by atomic mass is 15.1. The fraction of sp³-hybridized carbons (Fsp3) is 0.857. The average molecular weight is 222 g/mol. The Hall–Kier alpha value is -0.520. The van der Waals surface area contributed by atoms with Crippen LogP contribution in [0.2, 0.25) is 0 Å². The molecule has 0 saturated carbocycles. The third kappa shape index (κ3) is 5.53. The van der Waals surface area contributed by atoms with Crippen LogP contribution in [0.1, 0.15) is 39.5 Å². The summed E-state index contributed by atoms with van der Waals surface area (Å²) in [6.45, 7) is 9.33. The molecule has 1 fully saturated rings. The van der Waals surface area contributed by atoms with Gasteiger partial charge in [0, 0.05) is 12.5 Å². The van der Waals surface area contributed by atoms with Crippen LogP contribution in [0.4, 0.5) is 0 Å². The van der Waals surface area contributed by atoms with Gasteiger partial charge in [-0.25, -0.2) is 0 Å². The van der Waals surface area contributed by atoms with Gasteiger partial charge in [0.1, 0.15) is 0 Å². The lowest BCUT2D eigenvalue weighted by molar-refractivity contribution is 0.180. The molecule has 1 N–H and O–H groups in total. The molecule has 0 amide bonds. The molecule has 2 nitrogen and oxygen atoms in total. The maximum atomic E-state index is 5.26. The molecule has 0 aromatic rings. The van der Waals surface area contributed by atoms with Crippen LogP contribution in [0.25, 0.3) is 0 Å². The second kappa shape index (κ2) is 7.70. The molecular weight excluding hydrogens is 196 g/mol. The molecule has 0 bridgehead atoms. The van der Waals surface area contributed by atoms with E-state index in [-0.39, 0.29) is 0 Å². The minimum Gasteiger partial charge on any atom is -0.314 e. The van der Waals surface area contributed by atoms with Crippen LogP contribution in [0.15, 0.2) is 0 Å². The van der Waals surface area contributed by atoms with Gasteiger partial charge in [0.2, 0.25) is 0 Å². The summed E-state index contributed by atoms with van der Waals surface area (Å²) in [5.41, 5.74) is 0. The van der Waals surface area contributed by atoms with Crippen molar-refractivity contribution in [1.29, 1.82) is 0 Å². The van der Waals surface area contributed by atoms with Gasteiger partial charge < -0.3 is 10.2 Å². The molecule has 0 spiro atoms. The van der Waals surface area contributed by atoms with Gasteiger partial charge in [-0.3, -0.25) is 0 Å². The van der Waals surface area contributed by atoms with Crippen molar-refractivity contribution in [3.8, 4) is 12.3 Å². The molecule has 0 atom stereocenters. The summed E-state index contributed by atoms with van der Waals surface area (Å²) in [6, 6.07) is 0.619. The Bertz CT molecular complexity index is 209. The quantitative estimate of drug-likeness (QED) is 0.547. The molecule has 1 aliphatic rings.